The number of aryl methyl sites for hydroxylation is 1. The topological polar surface area (TPSA) is 88.2 Å². The number of benzene rings is 2. The Morgan fingerprint density at radius 3 is 2.57 bits per heavy atom. The molecule has 2 aromatic carbocycles. The predicted octanol–water partition coefficient (Wildman–Crippen LogP) is 3.82. The molecule has 0 unspecified atom stereocenters. The van der Waals surface area contributed by atoms with Crippen LogP contribution in [0.2, 0.25) is 0 Å². The normalized spacial score (nSPS) is 14.9. The molecule has 1 aliphatic rings. The van der Waals surface area contributed by atoms with Gasteiger partial charge in [-0.2, -0.15) is 0 Å². The van der Waals surface area contributed by atoms with Crippen LogP contribution in [0.5, 0.6) is 5.75 Å². The van der Waals surface area contributed by atoms with E-state index in [1.54, 1.807) is 20.1 Å². The lowest BCUT2D eigenvalue weighted by Gasteiger charge is -2.32. The first kappa shape index (κ1) is 25.0. The zero-order chi connectivity index (χ0) is 25.9. The molecule has 0 saturated carbocycles. The first-order valence-electron chi connectivity index (χ1n) is 12.7. The molecule has 4 aromatic rings. The standard InChI is InChI=1S/C29H33N3O5/c1-19-15-25-27(29(34)36-19)24(18-26(33)30-9-4-10-32-13-11-31(2)12-14-32)28(37-25)22-6-5-21-17-23(35-3)8-7-20(21)16-22/h5-8,15-17H,4,9-14,18H2,1-3H3,(H,30,33). The van der Waals surface area contributed by atoms with Crippen molar-refractivity contribution in [3.8, 4) is 17.1 Å². The third kappa shape index (κ3) is 5.55. The van der Waals surface area contributed by atoms with Crippen molar-refractivity contribution in [2.45, 2.75) is 19.8 Å². The molecule has 1 fully saturated rings. The van der Waals surface area contributed by atoms with Crippen molar-refractivity contribution in [2.24, 2.45) is 0 Å². The smallest absolute Gasteiger partial charge is 0.347 e. The van der Waals surface area contributed by atoms with E-state index in [1.165, 1.54) is 0 Å². The number of nitrogens with one attached hydrogen (secondary N) is 1. The van der Waals surface area contributed by atoms with Crippen LogP contribution in [-0.4, -0.2) is 69.1 Å². The summed E-state index contributed by atoms with van der Waals surface area (Å²) < 4.78 is 16.9. The van der Waals surface area contributed by atoms with E-state index < -0.39 is 5.63 Å². The lowest BCUT2D eigenvalue weighted by molar-refractivity contribution is -0.120. The van der Waals surface area contributed by atoms with Gasteiger partial charge in [-0.25, -0.2) is 4.79 Å². The largest absolute Gasteiger partial charge is 0.497 e. The van der Waals surface area contributed by atoms with Crippen molar-refractivity contribution in [3.63, 3.8) is 0 Å². The molecule has 0 spiro atoms. The third-order valence-corrected chi connectivity index (χ3v) is 7.04. The van der Waals surface area contributed by atoms with E-state index in [1.807, 2.05) is 36.4 Å². The monoisotopic (exact) mass is 503 g/mol. The molecule has 0 atom stereocenters. The van der Waals surface area contributed by atoms with Gasteiger partial charge in [-0.1, -0.05) is 18.2 Å². The number of likely N-dealkylation sites (N-methyl/N-ethyl adjacent to an activating group) is 1. The molecule has 37 heavy (non-hydrogen) atoms. The van der Waals surface area contributed by atoms with Crippen LogP contribution in [-0.2, 0) is 11.2 Å². The minimum absolute atomic E-state index is 0.0330. The average Bonchev–Trinajstić information content (AvgIpc) is 3.25. The molecule has 1 amide bonds. The molecule has 1 saturated heterocycles. The summed E-state index contributed by atoms with van der Waals surface area (Å²) in [5, 5.41) is 5.37. The number of nitrogens with zero attached hydrogens (tertiary/aromatic N) is 2. The molecule has 8 nitrogen and oxygen atoms in total. The highest BCUT2D eigenvalue weighted by Gasteiger charge is 2.23. The number of carbonyl (C=O) groups excluding carboxylic acids is 1. The van der Waals surface area contributed by atoms with Crippen molar-refractivity contribution in [3.05, 3.63) is 64.2 Å². The van der Waals surface area contributed by atoms with Gasteiger partial charge in [0.25, 0.3) is 0 Å². The molecule has 0 bridgehead atoms. The van der Waals surface area contributed by atoms with E-state index >= 15 is 0 Å². The van der Waals surface area contributed by atoms with Gasteiger partial charge in [0.2, 0.25) is 5.91 Å². The zero-order valence-corrected chi connectivity index (χ0v) is 21.6. The summed E-state index contributed by atoms with van der Waals surface area (Å²) in [5.74, 6) is 1.61. The van der Waals surface area contributed by atoms with Crippen molar-refractivity contribution < 1.29 is 18.4 Å². The van der Waals surface area contributed by atoms with Gasteiger partial charge in [0.1, 0.15) is 28.2 Å². The van der Waals surface area contributed by atoms with Crippen molar-refractivity contribution in [2.75, 3.05) is 53.4 Å². The summed E-state index contributed by atoms with van der Waals surface area (Å²) >= 11 is 0. The highest BCUT2D eigenvalue weighted by atomic mass is 16.5. The van der Waals surface area contributed by atoms with Crippen LogP contribution in [0.4, 0.5) is 0 Å². The van der Waals surface area contributed by atoms with Gasteiger partial charge < -0.3 is 28.7 Å². The van der Waals surface area contributed by atoms with Gasteiger partial charge >= 0.3 is 5.63 Å². The second-order valence-corrected chi connectivity index (χ2v) is 9.75. The van der Waals surface area contributed by atoms with E-state index in [2.05, 4.69) is 22.2 Å². The Balaban J connectivity index is 1.37. The SMILES string of the molecule is COc1ccc2cc(-c3oc4cc(C)oc(=O)c4c3CC(=O)NCCCN3CCN(C)CC3)ccc2c1. The number of fused-ring (bicyclic) bond motifs is 2. The van der Waals surface area contributed by atoms with E-state index in [0.29, 0.717) is 34.6 Å². The Morgan fingerprint density at radius 1 is 1.03 bits per heavy atom. The zero-order valence-electron chi connectivity index (χ0n) is 21.6. The molecule has 5 rings (SSSR count). The number of furan rings is 1. The van der Waals surface area contributed by atoms with Crippen LogP contribution in [0.15, 0.2) is 56.1 Å². The highest BCUT2D eigenvalue weighted by molar-refractivity contribution is 5.95. The minimum atomic E-state index is -0.492. The maximum atomic E-state index is 13.0. The van der Waals surface area contributed by atoms with Crippen molar-refractivity contribution in [1.82, 2.24) is 15.1 Å². The average molecular weight is 504 g/mol. The van der Waals surface area contributed by atoms with Crippen LogP contribution < -0.4 is 15.7 Å². The Morgan fingerprint density at radius 2 is 1.78 bits per heavy atom. The Kier molecular flexibility index (Phi) is 7.30. The first-order chi connectivity index (χ1) is 17.9. The highest BCUT2D eigenvalue weighted by Crippen LogP contribution is 2.35. The molecule has 0 aliphatic carbocycles. The Labute approximate surface area is 215 Å². The fourth-order valence-electron chi connectivity index (χ4n) is 4.94. The number of piperazine rings is 1. The number of ether oxygens (including phenoxy) is 1. The minimum Gasteiger partial charge on any atom is -0.497 e. The maximum Gasteiger partial charge on any atom is 0.347 e. The summed E-state index contributed by atoms with van der Waals surface area (Å²) in [5.41, 5.74) is 1.28. The van der Waals surface area contributed by atoms with Crippen LogP contribution in [0.3, 0.4) is 0 Å². The summed E-state index contributed by atoms with van der Waals surface area (Å²) in [6.45, 7) is 7.52. The molecule has 0 radical (unpaired) electrons. The lowest BCUT2D eigenvalue weighted by Crippen LogP contribution is -2.45. The second-order valence-electron chi connectivity index (χ2n) is 9.75. The third-order valence-electron chi connectivity index (χ3n) is 7.04. The van der Waals surface area contributed by atoms with Gasteiger partial charge in [-0.3, -0.25) is 4.79 Å². The predicted molar refractivity (Wildman–Crippen MR) is 144 cm³/mol. The van der Waals surface area contributed by atoms with Crippen LogP contribution in [0.25, 0.3) is 33.1 Å². The second kappa shape index (κ2) is 10.8. The number of amides is 1. The molecule has 1 aliphatic heterocycles. The Bertz CT molecular complexity index is 1480. The van der Waals surface area contributed by atoms with E-state index in [-0.39, 0.29) is 12.3 Å². The molecule has 2 aromatic heterocycles. The number of rotatable bonds is 8. The van der Waals surface area contributed by atoms with Gasteiger partial charge in [0, 0.05) is 49.9 Å². The first-order valence-corrected chi connectivity index (χ1v) is 12.7. The lowest BCUT2D eigenvalue weighted by atomic mass is 10.0. The summed E-state index contributed by atoms with van der Waals surface area (Å²) in [4.78, 5) is 30.5. The van der Waals surface area contributed by atoms with E-state index in [0.717, 1.165) is 61.2 Å². The number of hydrogen-bond acceptors (Lipinski definition) is 7. The summed E-state index contributed by atoms with van der Waals surface area (Å²) in [6.07, 6.45) is 0.912. The van der Waals surface area contributed by atoms with Gasteiger partial charge in [0.15, 0.2) is 0 Å². The van der Waals surface area contributed by atoms with E-state index in [4.69, 9.17) is 13.6 Å². The summed E-state index contributed by atoms with van der Waals surface area (Å²) in [6, 6.07) is 13.5. The van der Waals surface area contributed by atoms with Crippen molar-refractivity contribution >= 4 is 27.6 Å². The Hall–Kier alpha value is -3.62. The van der Waals surface area contributed by atoms with Crippen LogP contribution in [0, 0.1) is 6.92 Å². The van der Waals surface area contributed by atoms with Gasteiger partial charge in [-0.05, 0) is 55.9 Å². The summed E-state index contributed by atoms with van der Waals surface area (Å²) in [7, 11) is 3.78. The molecular formula is C29H33N3O5. The molecule has 1 N–H and O–H groups in total. The van der Waals surface area contributed by atoms with E-state index in [9.17, 15) is 9.59 Å². The quantitative estimate of drug-likeness (QED) is 0.366. The molecule has 8 heteroatoms. The number of hydrogen-bond donors (Lipinski definition) is 1. The molecule has 3 heterocycles. The van der Waals surface area contributed by atoms with Crippen LogP contribution in [0.1, 0.15) is 17.7 Å². The molecule has 194 valence electrons. The fraction of sp³-hybridized carbons (Fsp3) is 0.379. The number of methoxy groups -OCH3 is 1. The molecular weight excluding hydrogens is 470 g/mol. The van der Waals surface area contributed by atoms with Crippen LogP contribution >= 0.6 is 0 Å². The number of carbonyl (C=O) groups is 1. The maximum absolute atomic E-state index is 13.0. The van der Waals surface area contributed by atoms with Gasteiger partial charge in [0.05, 0.1) is 13.5 Å². The van der Waals surface area contributed by atoms with Crippen molar-refractivity contribution in [1.29, 1.82) is 0 Å². The fourth-order valence-corrected chi connectivity index (χ4v) is 4.94. The van der Waals surface area contributed by atoms with Gasteiger partial charge in [-0.15, -0.1) is 0 Å².